The predicted octanol–water partition coefficient (Wildman–Crippen LogP) is 7.87. The number of aromatic nitrogens is 2. The van der Waals surface area contributed by atoms with Gasteiger partial charge in [-0.3, -0.25) is 0 Å². The lowest BCUT2D eigenvalue weighted by Crippen LogP contribution is -2.08. The second-order valence-corrected chi connectivity index (χ2v) is 8.61. The monoisotopic (exact) mass is 426 g/mol. The van der Waals surface area contributed by atoms with Crippen molar-refractivity contribution in [2.24, 2.45) is 5.92 Å². The first kappa shape index (κ1) is 25.2. The van der Waals surface area contributed by atoms with Crippen molar-refractivity contribution in [1.82, 2.24) is 10.2 Å². The van der Waals surface area contributed by atoms with Crippen LogP contribution in [0.2, 0.25) is 0 Å². The van der Waals surface area contributed by atoms with Gasteiger partial charge in [0.1, 0.15) is 5.75 Å². The van der Waals surface area contributed by atoms with Gasteiger partial charge < -0.3 is 9.47 Å². The molecule has 0 aliphatic carbocycles. The first-order chi connectivity index (χ1) is 15.2. The van der Waals surface area contributed by atoms with Crippen LogP contribution >= 0.6 is 0 Å². The summed E-state index contributed by atoms with van der Waals surface area (Å²) in [5, 5.41) is 8.63. The fourth-order valence-corrected chi connectivity index (χ4v) is 3.46. The van der Waals surface area contributed by atoms with Crippen LogP contribution in [0.25, 0.3) is 11.3 Å². The Labute approximate surface area is 189 Å². The average molecular weight is 427 g/mol. The van der Waals surface area contributed by atoms with E-state index in [4.69, 9.17) is 9.47 Å². The van der Waals surface area contributed by atoms with E-state index in [9.17, 15) is 0 Å². The molecule has 172 valence electrons. The van der Waals surface area contributed by atoms with Crippen LogP contribution in [-0.4, -0.2) is 23.4 Å². The smallest absolute Gasteiger partial charge is 0.233 e. The minimum Gasteiger partial charge on any atom is -0.493 e. The predicted molar refractivity (Wildman–Crippen MR) is 130 cm³/mol. The van der Waals surface area contributed by atoms with Crippen LogP contribution in [0.5, 0.6) is 11.6 Å². The number of para-hydroxylation sites is 1. The molecule has 1 aromatic carbocycles. The van der Waals surface area contributed by atoms with Crippen LogP contribution in [-0.2, 0) is 0 Å². The van der Waals surface area contributed by atoms with Gasteiger partial charge in [-0.2, -0.15) is 0 Å². The van der Waals surface area contributed by atoms with Gasteiger partial charge in [0.25, 0.3) is 0 Å². The van der Waals surface area contributed by atoms with Gasteiger partial charge in [0.15, 0.2) is 0 Å². The molecule has 1 heterocycles. The highest BCUT2D eigenvalue weighted by Crippen LogP contribution is 2.29. The van der Waals surface area contributed by atoms with Crippen molar-refractivity contribution < 1.29 is 9.47 Å². The van der Waals surface area contributed by atoms with Crippen molar-refractivity contribution in [3.05, 3.63) is 36.4 Å². The van der Waals surface area contributed by atoms with Gasteiger partial charge in [0, 0.05) is 11.6 Å². The third-order valence-electron chi connectivity index (χ3n) is 5.77. The van der Waals surface area contributed by atoms with Crippen LogP contribution in [0.3, 0.4) is 0 Å². The van der Waals surface area contributed by atoms with E-state index in [1.54, 1.807) is 0 Å². The zero-order chi connectivity index (χ0) is 22.2. The molecular weight excluding hydrogens is 384 g/mol. The Morgan fingerprint density at radius 3 is 2.06 bits per heavy atom. The Morgan fingerprint density at radius 1 is 0.742 bits per heavy atom. The van der Waals surface area contributed by atoms with Gasteiger partial charge in [-0.25, -0.2) is 0 Å². The van der Waals surface area contributed by atoms with Crippen LogP contribution < -0.4 is 9.47 Å². The highest BCUT2D eigenvalue weighted by molar-refractivity contribution is 5.66. The van der Waals surface area contributed by atoms with Crippen molar-refractivity contribution in [2.75, 3.05) is 13.2 Å². The largest absolute Gasteiger partial charge is 0.493 e. The fourth-order valence-electron chi connectivity index (χ4n) is 3.46. The summed E-state index contributed by atoms with van der Waals surface area (Å²) in [6.45, 7) is 8.06. The molecule has 0 fully saturated rings. The lowest BCUT2D eigenvalue weighted by atomic mass is 10.1. The third-order valence-corrected chi connectivity index (χ3v) is 5.77. The Hall–Kier alpha value is -2.10. The highest BCUT2D eigenvalue weighted by Gasteiger charge is 2.10. The maximum Gasteiger partial charge on any atom is 0.233 e. The fraction of sp³-hybridized carbons (Fsp3) is 0.630. The van der Waals surface area contributed by atoms with Gasteiger partial charge in [0.05, 0.1) is 18.9 Å². The van der Waals surface area contributed by atoms with Gasteiger partial charge >= 0.3 is 0 Å². The molecule has 0 spiro atoms. The number of rotatable bonds is 17. The third kappa shape index (κ3) is 10.2. The molecule has 0 saturated heterocycles. The minimum atomic E-state index is 0.528. The van der Waals surface area contributed by atoms with Crippen LogP contribution in [0, 0.1) is 5.92 Å². The minimum absolute atomic E-state index is 0.528. The number of ether oxygens (including phenoxy) is 2. The van der Waals surface area contributed by atoms with Crippen molar-refractivity contribution >= 4 is 0 Å². The Balaban J connectivity index is 1.67. The molecule has 4 heteroatoms. The zero-order valence-electron chi connectivity index (χ0n) is 19.9. The normalized spacial score (nSPS) is 12.0. The van der Waals surface area contributed by atoms with E-state index in [0.717, 1.165) is 29.8 Å². The SMILES string of the molecule is CCCCCCCCCCCCOc1ccc(-c2ccccc2OCC(C)CC)nn1. The Morgan fingerprint density at radius 2 is 1.42 bits per heavy atom. The van der Waals surface area contributed by atoms with Gasteiger partial charge in [-0.15, -0.1) is 10.2 Å². The van der Waals surface area contributed by atoms with E-state index in [2.05, 4.69) is 31.0 Å². The standard InChI is InChI=1S/C27H42N2O2/c1-4-6-7-8-9-10-11-12-13-16-21-30-27-20-19-25(28-29-27)24-17-14-15-18-26(24)31-22-23(3)5-2/h14-15,17-20,23H,4-13,16,21-22H2,1-3H3. The van der Waals surface area contributed by atoms with Gasteiger partial charge in [-0.05, 0) is 30.5 Å². The van der Waals surface area contributed by atoms with E-state index in [1.165, 1.54) is 57.8 Å². The molecule has 0 saturated carbocycles. The van der Waals surface area contributed by atoms with E-state index in [0.29, 0.717) is 25.0 Å². The Bertz CT molecular complexity index is 703. The first-order valence-electron chi connectivity index (χ1n) is 12.4. The summed E-state index contributed by atoms with van der Waals surface area (Å²) in [7, 11) is 0. The molecule has 31 heavy (non-hydrogen) atoms. The zero-order valence-corrected chi connectivity index (χ0v) is 19.9. The van der Waals surface area contributed by atoms with Crippen LogP contribution in [0.15, 0.2) is 36.4 Å². The number of nitrogens with zero attached hydrogens (tertiary/aromatic N) is 2. The molecule has 2 aromatic rings. The van der Waals surface area contributed by atoms with E-state index in [1.807, 2.05) is 36.4 Å². The molecular formula is C27H42N2O2. The summed E-state index contributed by atoms with van der Waals surface area (Å²) < 4.78 is 11.8. The van der Waals surface area contributed by atoms with E-state index < -0.39 is 0 Å². The highest BCUT2D eigenvalue weighted by atomic mass is 16.5. The summed E-state index contributed by atoms with van der Waals surface area (Å²) in [4.78, 5) is 0. The summed E-state index contributed by atoms with van der Waals surface area (Å²) in [6.07, 6.45) is 14.3. The lowest BCUT2D eigenvalue weighted by molar-refractivity contribution is 0.257. The molecule has 1 atom stereocenters. The molecule has 2 rings (SSSR count). The maximum atomic E-state index is 6.02. The van der Waals surface area contributed by atoms with Crippen molar-refractivity contribution in [3.8, 4) is 22.9 Å². The number of hydrogen-bond acceptors (Lipinski definition) is 4. The van der Waals surface area contributed by atoms with E-state index in [-0.39, 0.29) is 0 Å². The topological polar surface area (TPSA) is 44.2 Å². The molecule has 4 nitrogen and oxygen atoms in total. The molecule has 0 bridgehead atoms. The van der Waals surface area contributed by atoms with E-state index >= 15 is 0 Å². The number of unbranched alkanes of at least 4 members (excludes halogenated alkanes) is 9. The summed E-state index contributed by atoms with van der Waals surface area (Å²) in [6, 6.07) is 11.9. The molecule has 0 N–H and O–H groups in total. The summed E-state index contributed by atoms with van der Waals surface area (Å²) in [5.41, 5.74) is 1.78. The molecule has 1 unspecified atom stereocenters. The van der Waals surface area contributed by atoms with Crippen LogP contribution in [0.1, 0.15) is 91.4 Å². The molecule has 0 amide bonds. The summed E-state index contributed by atoms with van der Waals surface area (Å²) >= 11 is 0. The first-order valence-corrected chi connectivity index (χ1v) is 12.4. The van der Waals surface area contributed by atoms with Crippen molar-refractivity contribution in [1.29, 1.82) is 0 Å². The van der Waals surface area contributed by atoms with Crippen molar-refractivity contribution in [2.45, 2.75) is 91.4 Å². The van der Waals surface area contributed by atoms with Crippen molar-refractivity contribution in [3.63, 3.8) is 0 Å². The quantitative estimate of drug-likeness (QED) is 0.241. The van der Waals surface area contributed by atoms with Crippen LogP contribution in [0.4, 0.5) is 0 Å². The van der Waals surface area contributed by atoms with Gasteiger partial charge in [-0.1, -0.05) is 97.1 Å². The van der Waals surface area contributed by atoms with Gasteiger partial charge in [0.2, 0.25) is 5.88 Å². The maximum absolute atomic E-state index is 6.02. The average Bonchev–Trinajstić information content (AvgIpc) is 2.81. The lowest BCUT2D eigenvalue weighted by Gasteiger charge is -2.14. The second-order valence-electron chi connectivity index (χ2n) is 8.61. The second kappa shape index (κ2) is 15.7. The molecule has 1 aromatic heterocycles. The molecule has 0 aliphatic rings. The number of hydrogen-bond donors (Lipinski definition) is 0. The molecule has 0 radical (unpaired) electrons. The number of benzene rings is 1. The summed E-state index contributed by atoms with van der Waals surface area (Å²) in [5.74, 6) is 1.98. The molecule has 0 aliphatic heterocycles. The Kier molecular flexibility index (Phi) is 12.7.